The standard InChI is InChI=1S/C16H18O/c1-3-12-10-11-15(17)16(14(12)4-2)13-8-6-5-7-9-13/h5-11,17H,3-4H2,1-2H3. The lowest BCUT2D eigenvalue weighted by Gasteiger charge is -2.14. The van der Waals surface area contributed by atoms with Crippen LogP contribution in [0, 0.1) is 0 Å². The average Bonchev–Trinajstić information content (AvgIpc) is 2.39. The Morgan fingerprint density at radius 2 is 1.59 bits per heavy atom. The quantitative estimate of drug-likeness (QED) is 0.832. The van der Waals surface area contributed by atoms with Crippen molar-refractivity contribution >= 4 is 0 Å². The maximum absolute atomic E-state index is 10.1. The molecule has 0 unspecified atom stereocenters. The van der Waals surface area contributed by atoms with Crippen LogP contribution in [-0.4, -0.2) is 5.11 Å². The summed E-state index contributed by atoms with van der Waals surface area (Å²) >= 11 is 0. The molecule has 0 aliphatic heterocycles. The lowest BCUT2D eigenvalue weighted by molar-refractivity contribution is 0.476. The van der Waals surface area contributed by atoms with Gasteiger partial charge in [-0.15, -0.1) is 0 Å². The molecule has 88 valence electrons. The molecule has 0 aromatic heterocycles. The molecule has 0 radical (unpaired) electrons. The lowest BCUT2D eigenvalue weighted by atomic mass is 9.92. The van der Waals surface area contributed by atoms with E-state index in [9.17, 15) is 5.11 Å². The molecule has 0 heterocycles. The van der Waals surface area contributed by atoms with Crippen LogP contribution in [0.4, 0.5) is 0 Å². The molecule has 0 aliphatic carbocycles. The van der Waals surface area contributed by atoms with E-state index in [-0.39, 0.29) is 0 Å². The highest BCUT2D eigenvalue weighted by atomic mass is 16.3. The maximum Gasteiger partial charge on any atom is 0.123 e. The predicted octanol–water partition coefficient (Wildman–Crippen LogP) is 4.18. The van der Waals surface area contributed by atoms with E-state index in [1.54, 1.807) is 6.07 Å². The second-order valence-electron chi connectivity index (χ2n) is 4.17. The molecule has 1 heteroatoms. The molecule has 17 heavy (non-hydrogen) atoms. The summed E-state index contributed by atoms with van der Waals surface area (Å²) in [6, 6.07) is 13.9. The molecule has 0 spiro atoms. The minimum absolute atomic E-state index is 0.380. The molecule has 0 bridgehead atoms. The summed E-state index contributed by atoms with van der Waals surface area (Å²) in [6.07, 6.45) is 1.95. The van der Waals surface area contributed by atoms with Crippen molar-refractivity contribution in [3.05, 3.63) is 53.6 Å². The number of rotatable bonds is 3. The fraction of sp³-hybridized carbons (Fsp3) is 0.250. The Morgan fingerprint density at radius 1 is 0.882 bits per heavy atom. The topological polar surface area (TPSA) is 20.2 Å². The second-order valence-corrected chi connectivity index (χ2v) is 4.17. The minimum atomic E-state index is 0.380. The van der Waals surface area contributed by atoms with Crippen LogP contribution in [0.3, 0.4) is 0 Å². The first-order chi connectivity index (χ1) is 8.27. The third kappa shape index (κ3) is 2.19. The van der Waals surface area contributed by atoms with E-state index in [4.69, 9.17) is 0 Å². The number of phenolic OH excluding ortho intramolecular Hbond substituents is 1. The normalized spacial score (nSPS) is 10.5. The fourth-order valence-electron chi connectivity index (χ4n) is 2.34. The minimum Gasteiger partial charge on any atom is -0.507 e. The molecule has 0 amide bonds. The smallest absolute Gasteiger partial charge is 0.123 e. The van der Waals surface area contributed by atoms with E-state index in [1.165, 1.54) is 11.1 Å². The van der Waals surface area contributed by atoms with Crippen molar-refractivity contribution in [2.75, 3.05) is 0 Å². The van der Waals surface area contributed by atoms with Gasteiger partial charge in [0.1, 0.15) is 5.75 Å². The third-order valence-corrected chi connectivity index (χ3v) is 3.18. The number of benzene rings is 2. The number of aryl methyl sites for hydroxylation is 1. The Hall–Kier alpha value is -1.76. The maximum atomic E-state index is 10.1. The van der Waals surface area contributed by atoms with Gasteiger partial charge in [0.05, 0.1) is 0 Å². The van der Waals surface area contributed by atoms with Gasteiger partial charge in [-0.25, -0.2) is 0 Å². The van der Waals surface area contributed by atoms with Crippen LogP contribution >= 0.6 is 0 Å². The summed E-state index contributed by atoms with van der Waals surface area (Å²) in [7, 11) is 0. The van der Waals surface area contributed by atoms with Gasteiger partial charge in [0.2, 0.25) is 0 Å². The molecule has 0 aliphatic rings. The summed E-state index contributed by atoms with van der Waals surface area (Å²) in [5, 5.41) is 10.1. The van der Waals surface area contributed by atoms with Crippen molar-refractivity contribution < 1.29 is 5.11 Å². The average molecular weight is 226 g/mol. The van der Waals surface area contributed by atoms with E-state index in [0.29, 0.717) is 5.75 Å². The summed E-state index contributed by atoms with van der Waals surface area (Å²) < 4.78 is 0. The first kappa shape index (κ1) is 11.7. The number of phenols is 1. The van der Waals surface area contributed by atoms with E-state index in [1.807, 2.05) is 36.4 Å². The first-order valence-corrected chi connectivity index (χ1v) is 6.17. The number of hydrogen-bond donors (Lipinski definition) is 1. The first-order valence-electron chi connectivity index (χ1n) is 6.17. The van der Waals surface area contributed by atoms with E-state index < -0.39 is 0 Å². The van der Waals surface area contributed by atoms with Gasteiger partial charge in [-0.05, 0) is 35.6 Å². The second kappa shape index (κ2) is 5.05. The molecule has 1 N–H and O–H groups in total. The zero-order chi connectivity index (χ0) is 12.3. The predicted molar refractivity (Wildman–Crippen MR) is 72.3 cm³/mol. The summed E-state index contributed by atoms with van der Waals surface area (Å²) in [5.41, 5.74) is 4.67. The van der Waals surface area contributed by atoms with Gasteiger partial charge < -0.3 is 5.11 Å². The van der Waals surface area contributed by atoms with E-state index >= 15 is 0 Å². The molecule has 0 atom stereocenters. The van der Waals surface area contributed by atoms with Gasteiger partial charge >= 0.3 is 0 Å². The monoisotopic (exact) mass is 226 g/mol. The van der Waals surface area contributed by atoms with Gasteiger partial charge in [0.25, 0.3) is 0 Å². The van der Waals surface area contributed by atoms with Crippen molar-refractivity contribution in [3.63, 3.8) is 0 Å². The van der Waals surface area contributed by atoms with Crippen molar-refractivity contribution in [2.45, 2.75) is 26.7 Å². The van der Waals surface area contributed by atoms with Gasteiger partial charge in [0, 0.05) is 5.56 Å². The summed E-state index contributed by atoms with van der Waals surface area (Å²) in [6.45, 7) is 4.29. The third-order valence-electron chi connectivity index (χ3n) is 3.18. The van der Waals surface area contributed by atoms with Gasteiger partial charge in [-0.2, -0.15) is 0 Å². The Morgan fingerprint density at radius 3 is 2.18 bits per heavy atom. The number of hydrogen-bond acceptors (Lipinski definition) is 1. The van der Waals surface area contributed by atoms with Gasteiger partial charge in [-0.3, -0.25) is 0 Å². The fourth-order valence-corrected chi connectivity index (χ4v) is 2.34. The molecular weight excluding hydrogens is 208 g/mol. The number of aromatic hydroxyl groups is 1. The lowest BCUT2D eigenvalue weighted by Crippen LogP contribution is -1.95. The SMILES string of the molecule is CCc1ccc(O)c(-c2ccccc2)c1CC. The van der Waals surface area contributed by atoms with Crippen LogP contribution in [0.1, 0.15) is 25.0 Å². The molecule has 0 saturated carbocycles. The highest BCUT2D eigenvalue weighted by Gasteiger charge is 2.12. The molecule has 2 aromatic carbocycles. The largest absolute Gasteiger partial charge is 0.507 e. The highest BCUT2D eigenvalue weighted by molar-refractivity contribution is 5.75. The molecule has 2 rings (SSSR count). The van der Waals surface area contributed by atoms with Crippen LogP contribution in [0.2, 0.25) is 0 Å². The van der Waals surface area contributed by atoms with E-state index in [0.717, 1.165) is 24.0 Å². The van der Waals surface area contributed by atoms with Crippen LogP contribution in [0.15, 0.2) is 42.5 Å². The molecule has 1 nitrogen and oxygen atoms in total. The van der Waals surface area contributed by atoms with Crippen molar-refractivity contribution in [2.24, 2.45) is 0 Å². The van der Waals surface area contributed by atoms with Crippen molar-refractivity contribution in [1.82, 2.24) is 0 Å². The van der Waals surface area contributed by atoms with Gasteiger partial charge in [-0.1, -0.05) is 50.2 Å². The Kier molecular flexibility index (Phi) is 3.48. The molecular formula is C16H18O. The molecule has 0 saturated heterocycles. The van der Waals surface area contributed by atoms with Crippen LogP contribution < -0.4 is 0 Å². The Balaban J connectivity index is 2.67. The van der Waals surface area contributed by atoms with Crippen LogP contribution in [0.5, 0.6) is 5.75 Å². The van der Waals surface area contributed by atoms with Crippen molar-refractivity contribution in [1.29, 1.82) is 0 Å². The van der Waals surface area contributed by atoms with Crippen LogP contribution in [-0.2, 0) is 12.8 Å². The molecule has 2 aromatic rings. The summed E-state index contributed by atoms with van der Waals surface area (Å²) in [5.74, 6) is 0.380. The van der Waals surface area contributed by atoms with Crippen LogP contribution in [0.25, 0.3) is 11.1 Å². The zero-order valence-corrected chi connectivity index (χ0v) is 10.4. The van der Waals surface area contributed by atoms with Crippen molar-refractivity contribution in [3.8, 4) is 16.9 Å². The van der Waals surface area contributed by atoms with Gasteiger partial charge in [0.15, 0.2) is 0 Å². The zero-order valence-electron chi connectivity index (χ0n) is 10.4. The van der Waals surface area contributed by atoms with E-state index in [2.05, 4.69) is 13.8 Å². The Bertz CT molecular complexity index is 500. The summed E-state index contributed by atoms with van der Waals surface area (Å²) in [4.78, 5) is 0. The highest BCUT2D eigenvalue weighted by Crippen LogP contribution is 2.35. The molecule has 0 fully saturated rings. The Labute approximate surface area is 103 Å².